The molecule has 2 aliphatic heterocycles. The highest BCUT2D eigenvalue weighted by atomic mass is 32.2. The summed E-state index contributed by atoms with van der Waals surface area (Å²) in [4.78, 5) is 15.8. The van der Waals surface area contributed by atoms with Crippen molar-refractivity contribution >= 4 is 24.0 Å². The Bertz CT molecular complexity index is 1190. The first-order valence-corrected chi connectivity index (χ1v) is 12.3. The molecule has 0 aliphatic carbocycles. The van der Waals surface area contributed by atoms with E-state index in [4.69, 9.17) is 14.4 Å². The molecule has 2 aromatic heterocycles. The normalized spacial score (nSPS) is 18.3. The average molecular weight is 564 g/mol. The number of piperidine rings is 1. The summed E-state index contributed by atoms with van der Waals surface area (Å²) in [5, 5.41) is 3.18. The van der Waals surface area contributed by atoms with E-state index in [-0.39, 0.29) is 17.3 Å². The van der Waals surface area contributed by atoms with Gasteiger partial charge in [-0.15, -0.1) is 0 Å². The summed E-state index contributed by atoms with van der Waals surface area (Å²) in [5.74, 6) is -3.02. The molecule has 38 heavy (non-hydrogen) atoms. The predicted molar refractivity (Wildman–Crippen MR) is 126 cm³/mol. The van der Waals surface area contributed by atoms with Gasteiger partial charge in [0.2, 0.25) is 5.95 Å². The molecule has 1 unspecified atom stereocenters. The summed E-state index contributed by atoms with van der Waals surface area (Å²) >= 11 is 1.31. The van der Waals surface area contributed by atoms with E-state index in [0.29, 0.717) is 43.7 Å². The summed E-state index contributed by atoms with van der Waals surface area (Å²) in [6, 6.07) is 2.15. The molecule has 2 fully saturated rings. The SMILES string of the molecule is Fc1ccc(F)c(F)c1.NC1CCN(c2ncc(OSC3CCN(c4nc(C(F)(F)F)no4)CC3)cn2)C1. The van der Waals surface area contributed by atoms with Crippen molar-refractivity contribution in [2.24, 2.45) is 5.73 Å². The van der Waals surface area contributed by atoms with Crippen LogP contribution < -0.4 is 19.7 Å². The van der Waals surface area contributed by atoms with Gasteiger partial charge >= 0.3 is 12.2 Å². The number of anilines is 2. The van der Waals surface area contributed by atoms with E-state index >= 15 is 0 Å². The number of hydrogen-bond acceptors (Lipinski definition) is 10. The summed E-state index contributed by atoms with van der Waals surface area (Å²) in [6.45, 7) is 2.60. The fourth-order valence-corrected chi connectivity index (χ4v) is 4.42. The molecule has 16 heteroatoms. The Labute approximate surface area is 217 Å². The van der Waals surface area contributed by atoms with Crippen LogP contribution in [0, 0.1) is 17.5 Å². The van der Waals surface area contributed by atoms with Gasteiger partial charge in [0.1, 0.15) is 5.82 Å². The molecule has 5 rings (SSSR count). The van der Waals surface area contributed by atoms with Crippen LogP contribution in [-0.2, 0) is 6.18 Å². The minimum absolute atomic E-state index is 0.104. The van der Waals surface area contributed by atoms with Gasteiger partial charge < -0.3 is 24.2 Å². The molecule has 0 amide bonds. The standard InChI is InChI=1S/C16H20F3N7O2S.C6H3F3/c17-16(18,19)13-23-15(27-24-13)25-5-2-12(3-6-25)29-28-11-7-21-14(22-8-11)26-4-1-10(20)9-26;7-4-1-2-5(8)6(9)3-4/h7-8,10,12H,1-6,9,20H2;1-3H. The molecule has 9 nitrogen and oxygen atoms in total. The molecule has 206 valence electrons. The Kier molecular flexibility index (Phi) is 8.81. The Morgan fingerprint density at radius 2 is 1.66 bits per heavy atom. The fraction of sp³-hybridized carbons (Fsp3) is 0.455. The first-order valence-electron chi connectivity index (χ1n) is 11.5. The predicted octanol–water partition coefficient (Wildman–Crippen LogP) is 4.22. The second-order valence-corrected chi connectivity index (χ2v) is 9.56. The third-order valence-corrected chi connectivity index (χ3v) is 6.70. The van der Waals surface area contributed by atoms with E-state index in [1.807, 2.05) is 4.90 Å². The fourth-order valence-electron chi connectivity index (χ4n) is 3.68. The largest absolute Gasteiger partial charge is 0.455 e. The molecular formula is C22H23F6N7O2S. The molecular weight excluding hydrogens is 540 g/mol. The van der Waals surface area contributed by atoms with Crippen LogP contribution >= 0.6 is 12.0 Å². The number of halogens is 6. The third kappa shape index (κ3) is 7.40. The zero-order valence-corrected chi connectivity index (χ0v) is 20.6. The summed E-state index contributed by atoms with van der Waals surface area (Å²) in [6.07, 6.45) is 0.994. The lowest BCUT2D eigenvalue weighted by Crippen LogP contribution is -2.35. The van der Waals surface area contributed by atoms with Gasteiger partial charge in [-0.25, -0.2) is 23.1 Å². The van der Waals surface area contributed by atoms with Crippen molar-refractivity contribution in [3.63, 3.8) is 0 Å². The highest BCUT2D eigenvalue weighted by Gasteiger charge is 2.38. The van der Waals surface area contributed by atoms with Crippen molar-refractivity contribution in [3.8, 4) is 5.75 Å². The van der Waals surface area contributed by atoms with Crippen molar-refractivity contribution < 1.29 is 35.0 Å². The lowest BCUT2D eigenvalue weighted by molar-refractivity contribution is -0.146. The molecule has 2 saturated heterocycles. The van der Waals surface area contributed by atoms with Crippen molar-refractivity contribution in [2.75, 3.05) is 36.0 Å². The Morgan fingerprint density at radius 3 is 2.21 bits per heavy atom. The topological polar surface area (TPSA) is 106 Å². The van der Waals surface area contributed by atoms with Crippen LogP contribution in [0.4, 0.5) is 38.3 Å². The highest BCUT2D eigenvalue weighted by Crippen LogP contribution is 2.31. The quantitative estimate of drug-likeness (QED) is 0.276. The van der Waals surface area contributed by atoms with Crippen LogP contribution in [0.25, 0.3) is 0 Å². The van der Waals surface area contributed by atoms with E-state index in [1.54, 1.807) is 17.3 Å². The Balaban J connectivity index is 0.000000317. The van der Waals surface area contributed by atoms with Crippen LogP contribution in [0.3, 0.4) is 0 Å². The number of nitrogens with two attached hydrogens (primary N) is 1. The maximum atomic E-state index is 12.6. The molecule has 0 saturated carbocycles. The molecule has 4 heterocycles. The van der Waals surface area contributed by atoms with Crippen LogP contribution in [0.15, 0.2) is 35.1 Å². The van der Waals surface area contributed by atoms with Crippen LogP contribution in [0.5, 0.6) is 5.75 Å². The van der Waals surface area contributed by atoms with Gasteiger partial charge in [-0.3, -0.25) is 0 Å². The first-order chi connectivity index (χ1) is 18.1. The van der Waals surface area contributed by atoms with Gasteiger partial charge in [0.15, 0.2) is 17.4 Å². The van der Waals surface area contributed by atoms with E-state index in [1.165, 1.54) is 12.0 Å². The van der Waals surface area contributed by atoms with Gasteiger partial charge in [0.05, 0.1) is 24.4 Å². The minimum Gasteiger partial charge on any atom is -0.422 e. The van der Waals surface area contributed by atoms with Crippen LogP contribution in [0.2, 0.25) is 0 Å². The van der Waals surface area contributed by atoms with Gasteiger partial charge in [-0.05, 0) is 36.6 Å². The molecule has 2 aliphatic rings. The lowest BCUT2D eigenvalue weighted by atomic mass is 10.1. The summed E-state index contributed by atoms with van der Waals surface area (Å²) < 4.78 is 84.0. The smallest absolute Gasteiger partial charge is 0.422 e. The van der Waals surface area contributed by atoms with E-state index in [2.05, 4.69) is 20.1 Å². The second kappa shape index (κ2) is 12.1. The van der Waals surface area contributed by atoms with Crippen LogP contribution in [0.1, 0.15) is 25.1 Å². The number of benzene rings is 1. The molecule has 0 bridgehead atoms. The van der Waals surface area contributed by atoms with Gasteiger partial charge in [0.25, 0.3) is 5.82 Å². The summed E-state index contributed by atoms with van der Waals surface area (Å²) in [5.41, 5.74) is 5.90. The minimum atomic E-state index is -4.61. The lowest BCUT2D eigenvalue weighted by Gasteiger charge is -2.29. The number of hydrogen-bond donors (Lipinski definition) is 1. The van der Waals surface area contributed by atoms with Gasteiger partial charge in [-0.1, -0.05) is 0 Å². The van der Waals surface area contributed by atoms with Crippen molar-refractivity contribution in [3.05, 3.63) is 53.9 Å². The molecule has 3 aromatic rings. The average Bonchev–Trinajstić information content (AvgIpc) is 3.56. The van der Waals surface area contributed by atoms with Gasteiger partial charge in [0, 0.05) is 43.5 Å². The van der Waals surface area contributed by atoms with Crippen molar-refractivity contribution in [1.29, 1.82) is 0 Å². The molecule has 0 spiro atoms. The van der Waals surface area contributed by atoms with E-state index < -0.39 is 29.5 Å². The van der Waals surface area contributed by atoms with E-state index in [0.717, 1.165) is 31.6 Å². The summed E-state index contributed by atoms with van der Waals surface area (Å²) in [7, 11) is 0. The number of nitrogens with zero attached hydrogens (tertiary/aromatic N) is 6. The second-order valence-electron chi connectivity index (χ2n) is 8.54. The number of aromatic nitrogens is 4. The Hall–Kier alpha value is -3.27. The number of alkyl halides is 3. The molecule has 1 atom stereocenters. The van der Waals surface area contributed by atoms with Crippen LogP contribution in [-0.4, -0.2) is 57.6 Å². The third-order valence-electron chi connectivity index (χ3n) is 5.67. The molecule has 0 radical (unpaired) electrons. The number of rotatable bonds is 5. The molecule has 2 N–H and O–H groups in total. The molecule has 1 aromatic carbocycles. The maximum absolute atomic E-state index is 12.6. The van der Waals surface area contributed by atoms with Gasteiger partial charge in [-0.2, -0.15) is 18.2 Å². The first kappa shape index (κ1) is 27.8. The van der Waals surface area contributed by atoms with Crippen molar-refractivity contribution in [1.82, 2.24) is 20.1 Å². The zero-order valence-electron chi connectivity index (χ0n) is 19.7. The maximum Gasteiger partial charge on any atom is 0.455 e. The monoisotopic (exact) mass is 563 g/mol. The highest BCUT2D eigenvalue weighted by molar-refractivity contribution is 7.95. The zero-order chi connectivity index (χ0) is 27.3. The Morgan fingerprint density at radius 1 is 0.974 bits per heavy atom. The van der Waals surface area contributed by atoms with E-state index in [9.17, 15) is 26.3 Å². The van der Waals surface area contributed by atoms with Crippen molar-refractivity contribution in [2.45, 2.75) is 36.7 Å².